The van der Waals surface area contributed by atoms with Crippen LogP contribution in [-0.2, 0) is 10.2 Å². The van der Waals surface area contributed by atoms with Crippen molar-refractivity contribution >= 4 is 28.9 Å². The van der Waals surface area contributed by atoms with E-state index in [1.807, 2.05) is 32.9 Å². The molecule has 0 saturated carbocycles. The number of fused-ring (bicyclic) bond motifs is 1. The van der Waals surface area contributed by atoms with Crippen molar-refractivity contribution in [3.8, 4) is 0 Å². The van der Waals surface area contributed by atoms with Gasteiger partial charge in [0.25, 0.3) is 5.91 Å². The first-order valence-electron chi connectivity index (χ1n) is 7.43. The molecule has 0 aromatic heterocycles. The van der Waals surface area contributed by atoms with Gasteiger partial charge in [0.2, 0.25) is 5.91 Å². The van der Waals surface area contributed by atoms with Gasteiger partial charge in [-0.1, -0.05) is 12.1 Å². The Kier molecular flexibility index (Phi) is 3.36. The minimum atomic E-state index is -0.575. The Balaban J connectivity index is 1.89. The number of anilines is 3. The maximum absolute atomic E-state index is 12.5. The number of nitrogens with two attached hydrogens (primary N) is 1. The molecule has 4 N–H and O–H groups in total. The van der Waals surface area contributed by atoms with E-state index in [0.29, 0.717) is 22.6 Å². The monoisotopic (exact) mass is 309 g/mol. The summed E-state index contributed by atoms with van der Waals surface area (Å²) < 4.78 is 0. The summed E-state index contributed by atoms with van der Waals surface area (Å²) >= 11 is 0. The Hall–Kier alpha value is -2.82. The Morgan fingerprint density at radius 3 is 2.70 bits per heavy atom. The van der Waals surface area contributed by atoms with E-state index >= 15 is 0 Å². The summed E-state index contributed by atoms with van der Waals surface area (Å²) in [5.74, 6) is -0.294. The van der Waals surface area contributed by atoms with Crippen LogP contribution in [-0.4, -0.2) is 11.8 Å². The minimum Gasteiger partial charge on any atom is -0.398 e. The third-order valence-electron chi connectivity index (χ3n) is 4.39. The first kappa shape index (κ1) is 15.1. The van der Waals surface area contributed by atoms with E-state index in [2.05, 4.69) is 10.6 Å². The van der Waals surface area contributed by atoms with E-state index < -0.39 is 5.41 Å². The van der Waals surface area contributed by atoms with Crippen molar-refractivity contribution in [2.75, 3.05) is 16.4 Å². The number of hydrogen-bond acceptors (Lipinski definition) is 3. The number of carbonyl (C=O) groups is 2. The number of hydrogen-bond donors (Lipinski definition) is 3. The van der Waals surface area contributed by atoms with E-state index in [4.69, 9.17) is 5.73 Å². The number of rotatable bonds is 2. The molecule has 0 unspecified atom stereocenters. The first-order valence-corrected chi connectivity index (χ1v) is 7.43. The van der Waals surface area contributed by atoms with Gasteiger partial charge >= 0.3 is 0 Å². The second kappa shape index (κ2) is 5.12. The van der Waals surface area contributed by atoms with Gasteiger partial charge in [-0.2, -0.15) is 0 Å². The van der Waals surface area contributed by atoms with Gasteiger partial charge < -0.3 is 16.4 Å². The topological polar surface area (TPSA) is 84.2 Å². The summed E-state index contributed by atoms with van der Waals surface area (Å²) in [5, 5.41) is 5.69. The van der Waals surface area contributed by atoms with Crippen LogP contribution in [0.1, 0.15) is 35.3 Å². The SMILES string of the molecule is Cc1c(N)cccc1NC(=O)c1ccc2c(c1)NC(=O)C2(C)C. The smallest absolute Gasteiger partial charge is 0.255 e. The van der Waals surface area contributed by atoms with E-state index in [1.54, 1.807) is 24.3 Å². The number of carbonyl (C=O) groups excluding carboxylic acids is 2. The zero-order valence-corrected chi connectivity index (χ0v) is 13.4. The van der Waals surface area contributed by atoms with Crippen molar-refractivity contribution in [2.45, 2.75) is 26.2 Å². The summed E-state index contributed by atoms with van der Waals surface area (Å²) in [4.78, 5) is 24.4. The fourth-order valence-electron chi connectivity index (χ4n) is 2.72. The first-order chi connectivity index (χ1) is 10.8. The molecule has 1 aliphatic heterocycles. The standard InChI is InChI=1S/C18H19N3O2/c1-10-13(19)5-4-6-14(10)20-16(22)11-7-8-12-15(9-11)21-17(23)18(12,2)3/h4-9H,19H2,1-3H3,(H,20,22)(H,21,23). The number of amides is 2. The maximum atomic E-state index is 12.5. The lowest BCUT2D eigenvalue weighted by Crippen LogP contribution is -2.26. The summed E-state index contributed by atoms with van der Waals surface area (Å²) in [7, 11) is 0. The van der Waals surface area contributed by atoms with E-state index in [-0.39, 0.29) is 11.8 Å². The van der Waals surface area contributed by atoms with Gasteiger partial charge in [-0.3, -0.25) is 9.59 Å². The average Bonchev–Trinajstić information content (AvgIpc) is 2.73. The van der Waals surface area contributed by atoms with Crippen molar-refractivity contribution in [2.24, 2.45) is 0 Å². The molecule has 3 rings (SSSR count). The number of nitrogen functional groups attached to an aromatic ring is 1. The number of benzene rings is 2. The molecule has 118 valence electrons. The predicted molar refractivity (Wildman–Crippen MR) is 91.6 cm³/mol. The lowest BCUT2D eigenvalue weighted by atomic mass is 9.86. The van der Waals surface area contributed by atoms with E-state index in [1.165, 1.54) is 0 Å². The molecular formula is C18H19N3O2. The van der Waals surface area contributed by atoms with Crippen LogP contribution in [0, 0.1) is 6.92 Å². The van der Waals surface area contributed by atoms with Gasteiger partial charge in [0.1, 0.15) is 0 Å². The minimum absolute atomic E-state index is 0.0586. The summed E-state index contributed by atoms with van der Waals surface area (Å²) in [6.07, 6.45) is 0. The van der Waals surface area contributed by atoms with Crippen LogP contribution in [0.25, 0.3) is 0 Å². The molecule has 0 radical (unpaired) electrons. The van der Waals surface area contributed by atoms with E-state index in [9.17, 15) is 9.59 Å². The molecule has 0 fully saturated rings. The van der Waals surface area contributed by atoms with Crippen molar-refractivity contribution in [1.29, 1.82) is 0 Å². The third kappa shape index (κ3) is 2.44. The highest BCUT2D eigenvalue weighted by atomic mass is 16.2. The molecule has 2 amide bonds. The molecule has 2 aromatic rings. The van der Waals surface area contributed by atoms with Crippen molar-refractivity contribution in [3.05, 3.63) is 53.1 Å². The summed E-state index contributed by atoms with van der Waals surface area (Å²) in [6, 6.07) is 10.7. The summed E-state index contributed by atoms with van der Waals surface area (Å²) in [5.41, 5.74) is 9.50. The Morgan fingerprint density at radius 2 is 1.96 bits per heavy atom. The van der Waals surface area contributed by atoms with Crippen LogP contribution < -0.4 is 16.4 Å². The fraction of sp³-hybridized carbons (Fsp3) is 0.222. The van der Waals surface area contributed by atoms with Gasteiger partial charge in [0.05, 0.1) is 5.41 Å². The zero-order chi connectivity index (χ0) is 16.8. The molecule has 1 aliphatic rings. The molecule has 0 spiro atoms. The van der Waals surface area contributed by atoms with Crippen LogP contribution in [0.4, 0.5) is 17.1 Å². The quantitative estimate of drug-likeness (QED) is 0.745. The predicted octanol–water partition coefficient (Wildman–Crippen LogP) is 3.06. The fourth-order valence-corrected chi connectivity index (χ4v) is 2.72. The van der Waals surface area contributed by atoms with Gasteiger partial charge in [-0.15, -0.1) is 0 Å². The Morgan fingerprint density at radius 1 is 1.22 bits per heavy atom. The van der Waals surface area contributed by atoms with Crippen LogP contribution in [0.5, 0.6) is 0 Å². The zero-order valence-electron chi connectivity index (χ0n) is 13.4. The molecular weight excluding hydrogens is 290 g/mol. The summed E-state index contributed by atoms with van der Waals surface area (Å²) in [6.45, 7) is 5.59. The van der Waals surface area contributed by atoms with Gasteiger partial charge in [-0.05, 0) is 56.2 Å². The molecule has 0 saturated heterocycles. The van der Waals surface area contributed by atoms with Crippen LogP contribution >= 0.6 is 0 Å². The van der Waals surface area contributed by atoms with E-state index in [0.717, 1.165) is 11.1 Å². The molecule has 0 atom stereocenters. The molecule has 5 nitrogen and oxygen atoms in total. The van der Waals surface area contributed by atoms with Crippen molar-refractivity contribution in [3.63, 3.8) is 0 Å². The molecule has 23 heavy (non-hydrogen) atoms. The molecule has 0 aliphatic carbocycles. The molecule has 0 bridgehead atoms. The van der Waals surface area contributed by atoms with Crippen LogP contribution in [0.15, 0.2) is 36.4 Å². The second-order valence-electron chi connectivity index (χ2n) is 6.31. The van der Waals surface area contributed by atoms with Crippen molar-refractivity contribution in [1.82, 2.24) is 0 Å². The molecule has 1 heterocycles. The Bertz CT molecular complexity index is 825. The second-order valence-corrected chi connectivity index (χ2v) is 6.31. The highest BCUT2D eigenvalue weighted by molar-refractivity contribution is 6.09. The Labute approximate surface area is 134 Å². The van der Waals surface area contributed by atoms with Crippen LogP contribution in [0.3, 0.4) is 0 Å². The highest BCUT2D eigenvalue weighted by Crippen LogP contribution is 2.37. The highest BCUT2D eigenvalue weighted by Gasteiger charge is 2.38. The van der Waals surface area contributed by atoms with Gasteiger partial charge in [0.15, 0.2) is 0 Å². The lowest BCUT2D eigenvalue weighted by molar-refractivity contribution is -0.119. The van der Waals surface area contributed by atoms with Gasteiger partial charge in [-0.25, -0.2) is 0 Å². The lowest BCUT2D eigenvalue weighted by Gasteiger charge is -2.15. The molecule has 2 aromatic carbocycles. The third-order valence-corrected chi connectivity index (χ3v) is 4.39. The molecule has 5 heteroatoms. The maximum Gasteiger partial charge on any atom is 0.255 e. The largest absolute Gasteiger partial charge is 0.398 e. The average molecular weight is 309 g/mol. The normalized spacial score (nSPS) is 15.0. The van der Waals surface area contributed by atoms with Gasteiger partial charge in [0, 0.05) is 22.6 Å². The van der Waals surface area contributed by atoms with Crippen LogP contribution in [0.2, 0.25) is 0 Å². The van der Waals surface area contributed by atoms with Crippen molar-refractivity contribution < 1.29 is 9.59 Å². The number of nitrogens with one attached hydrogen (secondary N) is 2.